The van der Waals surface area contributed by atoms with Crippen molar-refractivity contribution in [1.29, 1.82) is 0 Å². The molecule has 3 aromatic heterocycles. The molecule has 230 valence electrons. The van der Waals surface area contributed by atoms with E-state index in [2.05, 4.69) is 19.9 Å². The van der Waals surface area contributed by atoms with Gasteiger partial charge in [-0.05, 0) is 43.5 Å². The van der Waals surface area contributed by atoms with Gasteiger partial charge in [0, 0.05) is 36.8 Å². The van der Waals surface area contributed by atoms with E-state index in [1.165, 1.54) is 12.4 Å². The zero-order valence-electron chi connectivity index (χ0n) is 24.8. The first-order chi connectivity index (χ1) is 22.0. The number of hydrogen-bond donors (Lipinski definition) is 0. The van der Waals surface area contributed by atoms with Crippen molar-refractivity contribution >= 4 is 34.2 Å². The molecule has 11 heteroatoms. The lowest BCUT2D eigenvalue weighted by atomic mass is 10.1. The van der Waals surface area contributed by atoms with Crippen molar-refractivity contribution in [3.8, 4) is 17.6 Å². The number of pyridine rings is 2. The topological polar surface area (TPSA) is 109 Å². The van der Waals surface area contributed by atoms with Crippen LogP contribution in [0, 0.1) is 0 Å². The first-order valence-corrected chi connectivity index (χ1v) is 15.2. The van der Waals surface area contributed by atoms with Gasteiger partial charge in [-0.15, -0.1) is 0 Å². The summed E-state index contributed by atoms with van der Waals surface area (Å²) in [5.41, 5.74) is 1.84. The van der Waals surface area contributed by atoms with Crippen molar-refractivity contribution in [3.63, 3.8) is 0 Å². The first-order valence-electron chi connectivity index (χ1n) is 14.9. The lowest BCUT2D eigenvalue weighted by molar-refractivity contribution is 0.0524. The lowest BCUT2D eigenvalue weighted by Crippen LogP contribution is -2.34. The standard InChI is InChI=1S/C34H32ClN5O5/c1-2-43-34(42)26-21-40(30-19-38-32(20-37-30)44-16-13-23-9-4-3-5-10-23)28-18-29(27(35)17-25(28)33(26)41)39-15-8-11-24(39)22-45-31-12-6-7-14-36-31/h3-7,9-10,12,14,17-21,24H,2,8,11,13,15-16,22H2,1H3/t24-/m1/s1. The van der Waals surface area contributed by atoms with Crippen molar-refractivity contribution < 1.29 is 19.0 Å². The molecule has 0 spiro atoms. The zero-order valence-corrected chi connectivity index (χ0v) is 25.5. The van der Waals surface area contributed by atoms with E-state index >= 15 is 0 Å². The number of benzene rings is 2. The Bertz CT molecular complexity index is 1830. The van der Waals surface area contributed by atoms with Crippen LogP contribution in [0.1, 0.15) is 35.7 Å². The van der Waals surface area contributed by atoms with Crippen LogP contribution >= 0.6 is 11.6 Å². The maximum Gasteiger partial charge on any atom is 0.343 e. The zero-order chi connectivity index (χ0) is 31.2. The predicted octanol–water partition coefficient (Wildman–Crippen LogP) is 5.68. The van der Waals surface area contributed by atoms with Crippen LogP contribution in [0.5, 0.6) is 11.8 Å². The Hall–Kier alpha value is -4.96. The Balaban J connectivity index is 1.33. The van der Waals surface area contributed by atoms with E-state index in [0.717, 1.165) is 37.1 Å². The number of nitrogens with zero attached hydrogens (tertiary/aromatic N) is 5. The van der Waals surface area contributed by atoms with Crippen LogP contribution in [0.25, 0.3) is 16.7 Å². The molecule has 1 aliphatic heterocycles. The highest BCUT2D eigenvalue weighted by atomic mass is 35.5. The summed E-state index contributed by atoms with van der Waals surface area (Å²) >= 11 is 6.84. The highest BCUT2D eigenvalue weighted by Crippen LogP contribution is 2.35. The molecule has 1 aliphatic rings. The van der Waals surface area contributed by atoms with Crippen LogP contribution in [0.2, 0.25) is 5.02 Å². The average molecular weight is 626 g/mol. The van der Waals surface area contributed by atoms with Gasteiger partial charge in [-0.25, -0.2) is 19.7 Å². The van der Waals surface area contributed by atoms with Gasteiger partial charge < -0.3 is 19.1 Å². The number of esters is 1. The molecule has 1 saturated heterocycles. The second-order valence-electron chi connectivity index (χ2n) is 10.5. The second kappa shape index (κ2) is 13.8. The molecule has 1 atom stereocenters. The first kappa shape index (κ1) is 30.1. The van der Waals surface area contributed by atoms with Crippen molar-refractivity contribution in [2.24, 2.45) is 0 Å². The molecule has 0 N–H and O–H groups in total. The van der Waals surface area contributed by atoms with E-state index in [0.29, 0.717) is 41.3 Å². The number of ether oxygens (including phenoxy) is 3. The van der Waals surface area contributed by atoms with Gasteiger partial charge >= 0.3 is 5.97 Å². The number of carbonyl (C=O) groups is 1. The van der Waals surface area contributed by atoms with Gasteiger partial charge in [0.25, 0.3) is 0 Å². The van der Waals surface area contributed by atoms with Crippen LogP contribution in [0.4, 0.5) is 5.69 Å². The Labute approximate surface area is 265 Å². The number of aromatic nitrogens is 4. The fraction of sp³-hybridized carbons (Fsp3) is 0.265. The van der Waals surface area contributed by atoms with E-state index in [-0.39, 0.29) is 23.6 Å². The number of carbonyl (C=O) groups excluding carboxylic acids is 1. The minimum atomic E-state index is -0.724. The summed E-state index contributed by atoms with van der Waals surface area (Å²) in [6.07, 6.45) is 8.81. The molecule has 0 saturated carbocycles. The predicted molar refractivity (Wildman–Crippen MR) is 172 cm³/mol. The van der Waals surface area contributed by atoms with Gasteiger partial charge in [-0.1, -0.05) is 48.0 Å². The Kier molecular flexibility index (Phi) is 9.21. The van der Waals surface area contributed by atoms with E-state index in [1.807, 2.05) is 54.6 Å². The van der Waals surface area contributed by atoms with Crippen LogP contribution in [-0.2, 0) is 11.2 Å². The summed E-state index contributed by atoms with van der Waals surface area (Å²) in [6.45, 7) is 3.45. The van der Waals surface area contributed by atoms with Crippen molar-refractivity contribution in [2.75, 3.05) is 31.3 Å². The third-order valence-electron chi connectivity index (χ3n) is 7.66. The maximum absolute atomic E-state index is 13.6. The van der Waals surface area contributed by atoms with Crippen molar-refractivity contribution in [1.82, 2.24) is 19.5 Å². The molecule has 0 amide bonds. The lowest BCUT2D eigenvalue weighted by Gasteiger charge is -2.28. The smallest absolute Gasteiger partial charge is 0.343 e. The van der Waals surface area contributed by atoms with E-state index < -0.39 is 11.4 Å². The Morgan fingerprint density at radius 2 is 1.84 bits per heavy atom. The third-order valence-corrected chi connectivity index (χ3v) is 7.96. The molecule has 0 bridgehead atoms. The molecule has 45 heavy (non-hydrogen) atoms. The summed E-state index contributed by atoms with van der Waals surface area (Å²) in [5, 5.41) is 0.657. The molecule has 0 radical (unpaired) electrons. The van der Waals surface area contributed by atoms with Crippen molar-refractivity contribution in [2.45, 2.75) is 32.2 Å². The number of halogens is 1. The van der Waals surface area contributed by atoms with Gasteiger partial charge in [0.1, 0.15) is 12.2 Å². The SMILES string of the molecule is CCOC(=O)c1cn(-c2cnc(OCCc3ccccc3)cn2)c2cc(N3CCC[C@@H]3COc3ccccn3)c(Cl)cc2c1=O. The monoisotopic (exact) mass is 625 g/mol. The Morgan fingerprint density at radius 3 is 2.60 bits per heavy atom. The molecule has 4 heterocycles. The summed E-state index contributed by atoms with van der Waals surface area (Å²) in [6, 6.07) is 19.1. The quantitative estimate of drug-likeness (QED) is 0.171. The maximum atomic E-state index is 13.6. The highest BCUT2D eigenvalue weighted by Gasteiger charge is 2.28. The molecule has 10 nitrogen and oxygen atoms in total. The van der Waals surface area contributed by atoms with Crippen LogP contribution in [0.3, 0.4) is 0 Å². The molecule has 6 rings (SSSR count). The minimum Gasteiger partial charge on any atom is -0.476 e. The molecule has 2 aromatic carbocycles. The van der Waals surface area contributed by atoms with Crippen molar-refractivity contribution in [3.05, 3.63) is 112 Å². The largest absolute Gasteiger partial charge is 0.476 e. The van der Waals surface area contributed by atoms with Gasteiger partial charge in [-0.2, -0.15) is 0 Å². The van der Waals surface area contributed by atoms with E-state index in [4.69, 9.17) is 25.8 Å². The van der Waals surface area contributed by atoms with Gasteiger partial charge in [0.15, 0.2) is 5.82 Å². The van der Waals surface area contributed by atoms with Crippen LogP contribution < -0.4 is 19.8 Å². The van der Waals surface area contributed by atoms with Gasteiger partial charge in [0.2, 0.25) is 17.2 Å². The van der Waals surface area contributed by atoms with Gasteiger partial charge in [-0.3, -0.25) is 9.36 Å². The highest BCUT2D eigenvalue weighted by molar-refractivity contribution is 6.34. The summed E-state index contributed by atoms with van der Waals surface area (Å²) < 4.78 is 18.7. The molecular formula is C34H32ClN5O5. The minimum absolute atomic E-state index is 0.0491. The van der Waals surface area contributed by atoms with Crippen LogP contribution in [-0.4, -0.2) is 57.9 Å². The molecular weight excluding hydrogens is 594 g/mol. The van der Waals surface area contributed by atoms with Gasteiger partial charge in [0.05, 0.1) is 47.9 Å². The number of fused-ring (bicyclic) bond motifs is 1. The normalized spacial score (nSPS) is 14.4. The van der Waals surface area contributed by atoms with Crippen LogP contribution in [0.15, 0.2) is 90.2 Å². The van der Waals surface area contributed by atoms with E-state index in [9.17, 15) is 9.59 Å². The molecule has 1 fully saturated rings. The third kappa shape index (κ3) is 6.76. The summed E-state index contributed by atoms with van der Waals surface area (Å²) in [7, 11) is 0. The average Bonchev–Trinajstić information content (AvgIpc) is 3.54. The number of hydrogen-bond acceptors (Lipinski definition) is 9. The molecule has 0 aliphatic carbocycles. The number of rotatable bonds is 11. The molecule has 0 unspecified atom stereocenters. The molecule has 5 aromatic rings. The second-order valence-corrected chi connectivity index (χ2v) is 11.0. The fourth-order valence-electron chi connectivity index (χ4n) is 5.46. The summed E-state index contributed by atoms with van der Waals surface area (Å²) in [4.78, 5) is 41.9. The summed E-state index contributed by atoms with van der Waals surface area (Å²) in [5.74, 6) is 0.590. The fourth-order valence-corrected chi connectivity index (χ4v) is 5.74. The Morgan fingerprint density at radius 1 is 1.00 bits per heavy atom. The number of anilines is 1. The van der Waals surface area contributed by atoms with E-state index in [1.54, 1.807) is 30.0 Å².